The quantitative estimate of drug-likeness (QED) is 0.897. The van der Waals surface area contributed by atoms with Crippen LogP contribution in [0.1, 0.15) is 32.3 Å². The van der Waals surface area contributed by atoms with E-state index in [0.717, 1.165) is 23.9 Å². The van der Waals surface area contributed by atoms with Crippen molar-refractivity contribution in [3.8, 4) is 0 Å². The summed E-state index contributed by atoms with van der Waals surface area (Å²) in [6, 6.07) is 6.52. The number of amides is 1. The van der Waals surface area contributed by atoms with E-state index < -0.39 is 0 Å². The number of rotatable bonds is 5. The lowest BCUT2D eigenvalue weighted by Gasteiger charge is -2.08. The largest absolute Gasteiger partial charge is 0.354 e. The second-order valence-corrected chi connectivity index (χ2v) is 5.26. The minimum absolute atomic E-state index is 0.114. The Labute approximate surface area is 113 Å². The first-order valence-corrected chi connectivity index (χ1v) is 6.78. The third-order valence-corrected chi connectivity index (χ3v) is 3.02. The van der Waals surface area contributed by atoms with Crippen LogP contribution in [0.3, 0.4) is 0 Å². The standard InChI is InChI=1S/C15H21N3O/c1-11(2)17-15(19)5-4-8-18-14-9-12(3)6-7-13(14)10-16-18/h6-7,9-11H,4-5,8H2,1-3H3,(H,17,19). The first kappa shape index (κ1) is 13.6. The summed E-state index contributed by atoms with van der Waals surface area (Å²) in [4.78, 5) is 11.6. The Balaban J connectivity index is 1.95. The number of aromatic nitrogens is 2. The van der Waals surface area contributed by atoms with E-state index in [1.165, 1.54) is 5.56 Å². The number of fused-ring (bicyclic) bond motifs is 1. The van der Waals surface area contributed by atoms with Crippen molar-refractivity contribution in [1.82, 2.24) is 15.1 Å². The number of nitrogens with one attached hydrogen (secondary N) is 1. The number of nitrogens with zero attached hydrogens (tertiary/aromatic N) is 2. The SMILES string of the molecule is Cc1ccc2cnn(CCCC(=O)NC(C)C)c2c1. The average Bonchev–Trinajstić information content (AvgIpc) is 2.71. The molecule has 0 fully saturated rings. The fourth-order valence-corrected chi connectivity index (χ4v) is 2.14. The third kappa shape index (κ3) is 3.56. The van der Waals surface area contributed by atoms with Gasteiger partial charge < -0.3 is 5.32 Å². The van der Waals surface area contributed by atoms with Gasteiger partial charge in [-0.2, -0.15) is 5.10 Å². The van der Waals surface area contributed by atoms with Crippen molar-refractivity contribution >= 4 is 16.8 Å². The van der Waals surface area contributed by atoms with Crippen LogP contribution in [0.25, 0.3) is 10.9 Å². The molecule has 0 bridgehead atoms. The topological polar surface area (TPSA) is 46.9 Å². The minimum Gasteiger partial charge on any atom is -0.354 e. The lowest BCUT2D eigenvalue weighted by molar-refractivity contribution is -0.121. The average molecular weight is 259 g/mol. The minimum atomic E-state index is 0.114. The molecule has 0 radical (unpaired) electrons. The van der Waals surface area contributed by atoms with Crippen molar-refractivity contribution in [2.24, 2.45) is 0 Å². The van der Waals surface area contributed by atoms with Crippen LogP contribution in [0.4, 0.5) is 0 Å². The number of benzene rings is 1. The molecule has 1 heterocycles. The highest BCUT2D eigenvalue weighted by Crippen LogP contribution is 2.15. The van der Waals surface area contributed by atoms with Gasteiger partial charge in [-0.1, -0.05) is 12.1 Å². The Hall–Kier alpha value is -1.84. The van der Waals surface area contributed by atoms with Crippen molar-refractivity contribution in [2.75, 3.05) is 0 Å². The van der Waals surface area contributed by atoms with E-state index in [2.05, 4.69) is 35.5 Å². The molecule has 0 spiro atoms. The van der Waals surface area contributed by atoms with Crippen molar-refractivity contribution < 1.29 is 4.79 Å². The Morgan fingerprint density at radius 3 is 2.95 bits per heavy atom. The molecule has 102 valence electrons. The van der Waals surface area contributed by atoms with Gasteiger partial charge in [-0.25, -0.2) is 0 Å². The van der Waals surface area contributed by atoms with E-state index in [4.69, 9.17) is 0 Å². The smallest absolute Gasteiger partial charge is 0.220 e. The molecule has 4 heteroatoms. The van der Waals surface area contributed by atoms with Crippen LogP contribution in [0.15, 0.2) is 24.4 Å². The molecule has 2 rings (SSSR count). The van der Waals surface area contributed by atoms with Crippen LogP contribution in [-0.2, 0) is 11.3 Å². The van der Waals surface area contributed by atoms with E-state index >= 15 is 0 Å². The number of aryl methyl sites for hydroxylation is 2. The van der Waals surface area contributed by atoms with Crippen LogP contribution in [0.2, 0.25) is 0 Å². The first-order valence-electron chi connectivity index (χ1n) is 6.78. The van der Waals surface area contributed by atoms with Gasteiger partial charge in [0.15, 0.2) is 0 Å². The Morgan fingerprint density at radius 2 is 2.21 bits per heavy atom. The molecule has 0 aliphatic carbocycles. The monoisotopic (exact) mass is 259 g/mol. The maximum Gasteiger partial charge on any atom is 0.220 e. The van der Waals surface area contributed by atoms with Gasteiger partial charge in [0.25, 0.3) is 0 Å². The van der Waals surface area contributed by atoms with Gasteiger partial charge in [-0.15, -0.1) is 0 Å². The molecule has 1 N–H and O–H groups in total. The maximum absolute atomic E-state index is 11.6. The molecule has 1 amide bonds. The Kier molecular flexibility index (Phi) is 4.20. The molecule has 0 aliphatic heterocycles. The molecule has 19 heavy (non-hydrogen) atoms. The zero-order valence-corrected chi connectivity index (χ0v) is 11.8. The van der Waals surface area contributed by atoms with Crippen molar-refractivity contribution in [3.05, 3.63) is 30.0 Å². The summed E-state index contributed by atoms with van der Waals surface area (Å²) in [7, 11) is 0. The Bertz CT molecular complexity index is 572. The van der Waals surface area contributed by atoms with Crippen molar-refractivity contribution in [3.63, 3.8) is 0 Å². The molecule has 2 aromatic rings. The molecule has 1 aromatic heterocycles. The van der Waals surface area contributed by atoms with E-state index in [1.54, 1.807) is 0 Å². The van der Waals surface area contributed by atoms with Gasteiger partial charge >= 0.3 is 0 Å². The Morgan fingerprint density at radius 1 is 1.42 bits per heavy atom. The highest BCUT2D eigenvalue weighted by atomic mass is 16.1. The molecule has 0 atom stereocenters. The molecule has 0 saturated heterocycles. The summed E-state index contributed by atoms with van der Waals surface area (Å²) >= 11 is 0. The van der Waals surface area contributed by atoms with Gasteiger partial charge in [0, 0.05) is 24.4 Å². The van der Waals surface area contributed by atoms with Gasteiger partial charge in [0.05, 0.1) is 11.7 Å². The van der Waals surface area contributed by atoms with E-state index in [9.17, 15) is 4.79 Å². The zero-order chi connectivity index (χ0) is 13.8. The summed E-state index contributed by atoms with van der Waals surface area (Å²) in [5.74, 6) is 0.114. The van der Waals surface area contributed by atoms with Gasteiger partial charge in [0.2, 0.25) is 5.91 Å². The molecule has 1 aromatic carbocycles. The predicted octanol–water partition coefficient (Wildman–Crippen LogP) is 2.65. The van der Waals surface area contributed by atoms with Crippen LogP contribution in [0, 0.1) is 6.92 Å². The molecule has 0 unspecified atom stereocenters. The fraction of sp³-hybridized carbons (Fsp3) is 0.467. The number of carbonyl (C=O) groups excluding carboxylic acids is 1. The highest BCUT2D eigenvalue weighted by molar-refractivity contribution is 5.79. The second-order valence-electron chi connectivity index (χ2n) is 5.26. The highest BCUT2D eigenvalue weighted by Gasteiger charge is 2.05. The lowest BCUT2D eigenvalue weighted by atomic mass is 10.2. The zero-order valence-electron chi connectivity index (χ0n) is 11.8. The lowest BCUT2D eigenvalue weighted by Crippen LogP contribution is -2.30. The molecule has 0 saturated carbocycles. The second kappa shape index (κ2) is 5.87. The van der Waals surface area contributed by atoms with Crippen LogP contribution >= 0.6 is 0 Å². The fourth-order valence-electron chi connectivity index (χ4n) is 2.14. The van der Waals surface area contributed by atoms with E-state index in [1.807, 2.05) is 24.7 Å². The van der Waals surface area contributed by atoms with Crippen molar-refractivity contribution in [2.45, 2.75) is 46.2 Å². The van der Waals surface area contributed by atoms with Crippen LogP contribution < -0.4 is 5.32 Å². The van der Waals surface area contributed by atoms with E-state index in [0.29, 0.717) is 6.42 Å². The number of hydrogen-bond acceptors (Lipinski definition) is 2. The summed E-state index contributed by atoms with van der Waals surface area (Å²) in [5.41, 5.74) is 2.37. The maximum atomic E-state index is 11.6. The summed E-state index contributed by atoms with van der Waals surface area (Å²) in [6.07, 6.45) is 3.23. The van der Waals surface area contributed by atoms with Crippen molar-refractivity contribution in [1.29, 1.82) is 0 Å². The predicted molar refractivity (Wildman–Crippen MR) is 77.0 cm³/mol. The molecule has 4 nitrogen and oxygen atoms in total. The molecule has 0 aliphatic rings. The van der Waals surface area contributed by atoms with Crippen LogP contribution in [-0.4, -0.2) is 21.7 Å². The third-order valence-electron chi connectivity index (χ3n) is 3.02. The van der Waals surface area contributed by atoms with Gasteiger partial charge in [-0.05, 0) is 38.8 Å². The number of carbonyl (C=O) groups is 1. The summed E-state index contributed by atoms with van der Waals surface area (Å²) in [6.45, 7) is 6.80. The molecular formula is C15H21N3O. The normalized spacial score (nSPS) is 11.2. The van der Waals surface area contributed by atoms with Crippen LogP contribution in [0.5, 0.6) is 0 Å². The molecular weight excluding hydrogens is 238 g/mol. The summed E-state index contributed by atoms with van der Waals surface area (Å²) in [5, 5.41) is 8.43. The van der Waals surface area contributed by atoms with Gasteiger partial charge in [0.1, 0.15) is 0 Å². The van der Waals surface area contributed by atoms with E-state index in [-0.39, 0.29) is 11.9 Å². The van der Waals surface area contributed by atoms with Gasteiger partial charge in [-0.3, -0.25) is 9.48 Å². The number of hydrogen-bond donors (Lipinski definition) is 1. The first-order chi connectivity index (χ1) is 9.06. The summed E-state index contributed by atoms with van der Waals surface area (Å²) < 4.78 is 1.98.